The summed E-state index contributed by atoms with van der Waals surface area (Å²) < 4.78 is 0. The van der Waals surface area contributed by atoms with Crippen molar-refractivity contribution < 1.29 is 4.79 Å². The van der Waals surface area contributed by atoms with Gasteiger partial charge in [0.15, 0.2) is 0 Å². The summed E-state index contributed by atoms with van der Waals surface area (Å²) in [7, 11) is 4.02. The Kier molecular flexibility index (Phi) is 3.72. The van der Waals surface area contributed by atoms with Gasteiger partial charge in [0.2, 0.25) is 5.91 Å². The van der Waals surface area contributed by atoms with Crippen LogP contribution in [-0.4, -0.2) is 31.4 Å². The van der Waals surface area contributed by atoms with Crippen molar-refractivity contribution in [1.82, 2.24) is 0 Å². The Hall–Kier alpha value is -1.03. The van der Waals surface area contributed by atoms with Gasteiger partial charge in [-0.2, -0.15) is 0 Å². The number of piperidine rings is 1. The molecule has 1 aromatic carbocycles. The van der Waals surface area contributed by atoms with Gasteiger partial charge in [-0.25, -0.2) is 0 Å². The molecule has 3 nitrogen and oxygen atoms in total. The first-order valence-electron chi connectivity index (χ1n) is 5.82. The first-order valence-corrected chi connectivity index (χ1v) is 6.74. The summed E-state index contributed by atoms with van der Waals surface area (Å²) in [5.41, 5.74) is 2.14. The SMILES string of the molecule is CN(C)c1ccc(N2CCCC(Br)C2=O)cc1. The van der Waals surface area contributed by atoms with Crippen molar-refractivity contribution >= 4 is 33.2 Å². The van der Waals surface area contributed by atoms with Crippen LogP contribution >= 0.6 is 15.9 Å². The Labute approximate surface area is 111 Å². The fourth-order valence-electron chi connectivity index (χ4n) is 2.02. The number of carbonyl (C=O) groups excluding carboxylic acids is 1. The van der Waals surface area contributed by atoms with E-state index in [2.05, 4.69) is 20.8 Å². The molecule has 0 spiro atoms. The molecule has 0 bridgehead atoms. The zero-order valence-electron chi connectivity index (χ0n) is 10.2. The number of anilines is 2. The van der Waals surface area contributed by atoms with Crippen molar-refractivity contribution in [2.24, 2.45) is 0 Å². The molecule has 1 aliphatic rings. The van der Waals surface area contributed by atoms with Crippen LogP contribution in [0.4, 0.5) is 11.4 Å². The number of benzene rings is 1. The summed E-state index contributed by atoms with van der Waals surface area (Å²) in [5.74, 6) is 0.175. The summed E-state index contributed by atoms with van der Waals surface area (Å²) in [4.78, 5) is 15.9. The van der Waals surface area contributed by atoms with Crippen molar-refractivity contribution in [1.29, 1.82) is 0 Å². The van der Waals surface area contributed by atoms with Gasteiger partial charge in [0, 0.05) is 32.0 Å². The van der Waals surface area contributed by atoms with Crippen LogP contribution in [0.5, 0.6) is 0 Å². The standard InChI is InChI=1S/C13H17BrN2O/c1-15(2)10-5-7-11(8-6-10)16-9-3-4-12(14)13(16)17/h5-8,12H,3-4,9H2,1-2H3. The topological polar surface area (TPSA) is 23.6 Å². The highest BCUT2D eigenvalue weighted by Gasteiger charge is 2.27. The van der Waals surface area contributed by atoms with Gasteiger partial charge in [-0.3, -0.25) is 4.79 Å². The molecule has 17 heavy (non-hydrogen) atoms. The van der Waals surface area contributed by atoms with Crippen LogP contribution in [0.1, 0.15) is 12.8 Å². The number of alkyl halides is 1. The predicted molar refractivity (Wildman–Crippen MR) is 75.1 cm³/mol. The molecule has 1 saturated heterocycles. The largest absolute Gasteiger partial charge is 0.378 e. The Morgan fingerprint density at radius 3 is 2.53 bits per heavy atom. The number of hydrogen-bond donors (Lipinski definition) is 0. The highest BCUT2D eigenvalue weighted by Crippen LogP contribution is 2.26. The third-order valence-electron chi connectivity index (χ3n) is 3.05. The first-order chi connectivity index (χ1) is 8.09. The number of amides is 1. The third kappa shape index (κ3) is 2.63. The predicted octanol–water partition coefficient (Wildman–Crippen LogP) is 2.64. The molecular formula is C13H17BrN2O. The molecule has 1 atom stereocenters. The Bertz CT molecular complexity index is 402. The van der Waals surface area contributed by atoms with Crippen LogP contribution < -0.4 is 9.80 Å². The van der Waals surface area contributed by atoms with E-state index in [4.69, 9.17) is 0 Å². The summed E-state index contributed by atoms with van der Waals surface area (Å²) in [5, 5.41) is 0. The lowest BCUT2D eigenvalue weighted by atomic mass is 10.1. The molecule has 0 N–H and O–H groups in total. The molecule has 0 radical (unpaired) electrons. The van der Waals surface area contributed by atoms with Crippen molar-refractivity contribution in [3.63, 3.8) is 0 Å². The molecule has 0 aromatic heterocycles. The van der Waals surface area contributed by atoms with Crippen LogP contribution in [0.15, 0.2) is 24.3 Å². The lowest BCUT2D eigenvalue weighted by Crippen LogP contribution is -2.41. The van der Waals surface area contributed by atoms with E-state index >= 15 is 0 Å². The number of carbonyl (C=O) groups is 1. The molecule has 1 aromatic rings. The molecule has 1 heterocycles. The van der Waals surface area contributed by atoms with Crippen molar-refractivity contribution in [2.45, 2.75) is 17.7 Å². The smallest absolute Gasteiger partial charge is 0.240 e. The molecule has 0 saturated carbocycles. The van der Waals surface area contributed by atoms with E-state index in [-0.39, 0.29) is 10.7 Å². The van der Waals surface area contributed by atoms with Crippen molar-refractivity contribution in [3.05, 3.63) is 24.3 Å². The molecule has 1 fully saturated rings. The van der Waals surface area contributed by atoms with Gasteiger partial charge in [-0.1, -0.05) is 15.9 Å². The normalized spacial score (nSPS) is 20.5. The second kappa shape index (κ2) is 5.08. The number of nitrogens with zero attached hydrogens (tertiary/aromatic N) is 2. The highest BCUT2D eigenvalue weighted by molar-refractivity contribution is 9.10. The third-order valence-corrected chi connectivity index (χ3v) is 3.90. The van der Waals surface area contributed by atoms with Crippen LogP contribution in [-0.2, 0) is 4.79 Å². The van der Waals surface area contributed by atoms with Gasteiger partial charge in [-0.15, -0.1) is 0 Å². The average Bonchev–Trinajstić information content (AvgIpc) is 2.33. The summed E-state index contributed by atoms with van der Waals surface area (Å²) in [6, 6.07) is 8.11. The molecule has 1 aliphatic heterocycles. The van der Waals surface area contributed by atoms with E-state index in [0.717, 1.165) is 30.8 Å². The second-order valence-corrected chi connectivity index (χ2v) is 5.62. The minimum Gasteiger partial charge on any atom is -0.378 e. The van der Waals surface area contributed by atoms with Crippen LogP contribution in [0.2, 0.25) is 0 Å². The van der Waals surface area contributed by atoms with E-state index in [1.807, 2.05) is 43.3 Å². The number of rotatable bonds is 2. The van der Waals surface area contributed by atoms with Gasteiger partial charge in [0.05, 0.1) is 4.83 Å². The van der Waals surface area contributed by atoms with E-state index in [9.17, 15) is 4.79 Å². The Morgan fingerprint density at radius 2 is 1.94 bits per heavy atom. The molecule has 1 unspecified atom stereocenters. The fraction of sp³-hybridized carbons (Fsp3) is 0.462. The molecular weight excluding hydrogens is 280 g/mol. The quantitative estimate of drug-likeness (QED) is 0.784. The second-order valence-electron chi connectivity index (χ2n) is 4.51. The maximum absolute atomic E-state index is 12.0. The summed E-state index contributed by atoms with van der Waals surface area (Å²) in [6.07, 6.45) is 1.99. The minimum atomic E-state index is -0.0234. The number of hydrogen-bond acceptors (Lipinski definition) is 2. The Balaban J connectivity index is 2.19. The van der Waals surface area contributed by atoms with E-state index in [1.165, 1.54) is 0 Å². The van der Waals surface area contributed by atoms with Gasteiger partial charge < -0.3 is 9.80 Å². The first kappa shape index (κ1) is 12.4. The maximum atomic E-state index is 12.0. The lowest BCUT2D eigenvalue weighted by molar-refractivity contribution is -0.118. The van der Waals surface area contributed by atoms with Crippen molar-refractivity contribution in [3.8, 4) is 0 Å². The van der Waals surface area contributed by atoms with Crippen LogP contribution in [0.25, 0.3) is 0 Å². The monoisotopic (exact) mass is 296 g/mol. The minimum absolute atomic E-state index is 0.0234. The van der Waals surface area contributed by atoms with E-state index in [1.54, 1.807) is 0 Å². The van der Waals surface area contributed by atoms with Gasteiger partial charge in [-0.05, 0) is 37.1 Å². The molecule has 0 aliphatic carbocycles. The van der Waals surface area contributed by atoms with E-state index in [0.29, 0.717) is 0 Å². The van der Waals surface area contributed by atoms with Gasteiger partial charge in [0.1, 0.15) is 0 Å². The summed E-state index contributed by atoms with van der Waals surface area (Å²) >= 11 is 3.43. The zero-order chi connectivity index (χ0) is 12.4. The summed E-state index contributed by atoms with van der Waals surface area (Å²) in [6.45, 7) is 0.822. The van der Waals surface area contributed by atoms with Crippen LogP contribution in [0, 0.1) is 0 Å². The van der Waals surface area contributed by atoms with Gasteiger partial charge >= 0.3 is 0 Å². The average molecular weight is 297 g/mol. The molecule has 1 amide bonds. The molecule has 2 rings (SSSR count). The highest BCUT2D eigenvalue weighted by atomic mass is 79.9. The van der Waals surface area contributed by atoms with Crippen molar-refractivity contribution in [2.75, 3.05) is 30.4 Å². The van der Waals surface area contributed by atoms with Gasteiger partial charge in [0.25, 0.3) is 0 Å². The lowest BCUT2D eigenvalue weighted by Gasteiger charge is -2.30. The molecule has 92 valence electrons. The zero-order valence-corrected chi connectivity index (χ0v) is 11.8. The fourth-order valence-corrected chi connectivity index (χ4v) is 2.59. The van der Waals surface area contributed by atoms with E-state index < -0.39 is 0 Å². The Morgan fingerprint density at radius 1 is 1.29 bits per heavy atom. The van der Waals surface area contributed by atoms with Crippen LogP contribution in [0.3, 0.4) is 0 Å². The number of halogens is 1. The maximum Gasteiger partial charge on any atom is 0.240 e. The molecule has 4 heteroatoms.